The van der Waals surface area contributed by atoms with E-state index in [1.54, 1.807) is 0 Å². The SMILES string of the molecule is CCC(CC1CC1)NC(=O)c1ccc(CCN)cc1. The molecule has 0 saturated heterocycles. The number of nitrogens with one attached hydrogen (secondary N) is 1. The van der Waals surface area contributed by atoms with Crippen LogP contribution in [0.5, 0.6) is 0 Å². The fourth-order valence-electron chi connectivity index (χ4n) is 2.34. The lowest BCUT2D eigenvalue weighted by Gasteiger charge is -2.16. The van der Waals surface area contributed by atoms with Crippen molar-refractivity contribution in [2.45, 2.75) is 45.1 Å². The summed E-state index contributed by atoms with van der Waals surface area (Å²) >= 11 is 0. The fourth-order valence-corrected chi connectivity index (χ4v) is 2.34. The zero-order chi connectivity index (χ0) is 13.7. The molecule has 0 aliphatic heterocycles. The molecule has 1 unspecified atom stereocenters. The van der Waals surface area contributed by atoms with E-state index in [2.05, 4.69) is 12.2 Å². The molecule has 1 aromatic carbocycles. The van der Waals surface area contributed by atoms with Crippen LogP contribution in [0.25, 0.3) is 0 Å². The molecule has 3 nitrogen and oxygen atoms in total. The molecule has 1 aliphatic carbocycles. The molecule has 1 atom stereocenters. The standard InChI is InChI=1S/C16H24N2O/c1-2-15(11-13-3-4-13)18-16(19)14-7-5-12(6-8-14)9-10-17/h5-8,13,15H,2-4,9-11,17H2,1H3,(H,18,19). The van der Waals surface area contributed by atoms with Crippen molar-refractivity contribution in [2.24, 2.45) is 11.7 Å². The van der Waals surface area contributed by atoms with Crippen molar-refractivity contribution in [1.82, 2.24) is 5.32 Å². The number of nitrogens with two attached hydrogens (primary N) is 1. The van der Waals surface area contributed by atoms with E-state index < -0.39 is 0 Å². The predicted octanol–water partition coefficient (Wildman–Crippen LogP) is 2.50. The smallest absolute Gasteiger partial charge is 0.251 e. The van der Waals surface area contributed by atoms with Crippen LogP contribution in [-0.2, 0) is 6.42 Å². The van der Waals surface area contributed by atoms with Crippen molar-refractivity contribution in [1.29, 1.82) is 0 Å². The number of hydrogen-bond donors (Lipinski definition) is 2. The second-order valence-electron chi connectivity index (χ2n) is 5.49. The maximum atomic E-state index is 12.1. The first-order valence-corrected chi connectivity index (χ1v) is 7.32. The molecule has 1 amide bonds. The van der Waals surface area contributed by atoms with E-state index >= 15 is 0 Å². The van der Waals surface area contributed by atoms with Gasteiger partial charge in [-0.05, 0) is 49.4 Å². The second-order valence-corrected chi connectivity index (χ2v) is 5.49. The minimum atomic E-state index is 0.0480. The maximum Gasteiger partial charge on any atom is 0.251 e. The average molecular weight is 260 g/mol. The Morgan fingerprint density at radius 1 is 1.37 bits per heavy atom. The molecule has 2 rings (SSSR count). The molecule has 0 bridgehead atoms. The summed E-state index contributed by atoms with van der Waals surface area (Å²) in [6, 6.07) is 8.09. The van der Waals surface area contributed by atoms with E-state index in [9.17, 15) is 4.79 Å². The van der Waals surface area contributed by atoms with Gasteiger partial charge in [-0.25, -0.2) is 0 Å². The van der Waals surface area contributed by atoms with E-state index in [4.69, 9.17) is 5.73 Å². The van der Waals surface area contributed by atoms with Crippen LogP contribution < -0.4 is 11.1 Å². The first kappa shape index (κ1) is 14.1. The van der Waals surface area contributed by atoms with Crippen molar-refractivity contribution in [3.8, 4) is 0 Å². The monoisotopic (exact) mass is 260 g/mol. The van der Waals surface area contributed by atoms with Gasteiger partial charge in [0, 0.05) is 11.6 Å². The number of benzene rings is 1. The molecule has 0 radical (unpaired) electrons. The minimum absolute atomic E-state index is 0.0480. The highest BCUT2D eigenvalue weighted by atomic mass is 16.1. The lowest BCUT2D eigenvalue weighted by molar-refractivity contribution is 0.0932. The molecule has 1 aromatic rings. The third kappa shape index (κ3) is 4.35. The Morgan fingerprint density at radius 3 is 2.58 bits per heavy atom. The van der Waals surface area contributed by atoms with Crippen LogP contribution in [0.2, 0.25) is 0 Å². The summed E-state index contributed by atoms with van der Waals surface area (Å²) in [4.78, 5) is 12.1. The molecule has 1 fully saturated rings. The Labute approximate surface area is 115 Å². The van der Waals surface area contributed by atoms with E-state index in [-0.39, 0.29) is 5.91 Å². The van der Waals surface area contributed by atoms with Crippen LogP contribution in [0.1, 0.15) is 48.5 Å². The number of rotatable bonds is 7. The normalized spacial score (nSPS) is 16.1. The predicted molar refractivity (Wildman–Crippen MR) is 78.1 cm³/mol. The van der Waals surface area contributed by atoms with Gasteiger partial charge in [-0.15, -0.1) is 0 Å². The van der Waals surface area contributed by atoms with Crippen LogP contribution in [0.4, 0.5) is 0 Å². The van der Waals surface area contributed by atoms with Crippen molar-refractivity contribution < 1.29 is 4.79 Å². The molecule has 1 aliphatic rings. The molecule has 104 valence electrons. The molecular weight excluding hydrogens is 236 g/mol. The number of carbonyl (C=O) groups excluding carboxylic acids is 1. The molecule has 3 N–H and O–H groups in total. The summed E-state index contributed by atoms with van der Waals surface area (Å²) in [7, 11) is 0. The Hall–Kier alpha value is -1.35. The second kappa shape index (κ2) is 6.71. The van der Waals surface area contributed by atoms with Gasteiger partial charge in [-0.3, -0.25) is 4.79 Å². The zero-order valence-electron chi connectivity index (χ0n) is 11.7. The third-order valence-electron chi connectivity index (χ3n) is 3.79. The quantitative estimate of drug-likeness (QED) is 0.791. The highest BCUT2D eigenvalue weighted by Crippen LogP contribution is 2.34. The highest BCUT2D eigenvalue weighted by Gasteiger charge is 2.25. The fraction of sp³-hybridized carbons (Fsp3) is 0.562. The van der Waals surface area contributed by atoms with Gasteiger partial charge in [0.25, 0.3) is 5.91 Å². The van der Waals surface area contributed by atoms with E-state index in [1.807, 2.05) is 24.3 Å². The summed E-state index contributed by atoms with van der Waals surface area (Å²) in [6.45, 7) is 2.78. The number of carbonyl (C=O) groups is 1. The molecule has 0 aromatic heterocycles. The molecule has 3 heteroatoms. The topological polar surface area (TPSA) is 55.1 Å². The molecule has 0 heterocycles. The largest absolute Gasteiger partial charge is 0.349 e. The number of amides is 1. The van der Waals surface area contributed by atoms with Crippen LogP contribution in [0.3, 0.4) is 0 Å². The van der Waals surface area contributed by atoms with E-state index in [0.29, 0.717) is 12.6 Å². The van der Waals surface area contributed by atoms with Crippen molar-refractivity contribution in [2.75, 3.05) is 6.54 Å². The molecule has 1 saturated carbocycles. The zero-order valence-corrected chi connectivity index (χ0v) is 11.7. The van der Waals surface area contributed by atoms with Gasteiger partial charge in [0.2, 0.25) is 0 Å². The summed E-state index contributed by atoms with van der Waals surface area (Å²) < 4.78 is 0. The van der Waals surface area contributed by atoms with Gasteiger partial charge in [0.1, 0.15) is 0 Å². The lowest BCUT2D eigenvalue weighted by atomic mass is 10.1. The van der Waals surface area contributed by atoms with Gasteiger partial charge in [-0.1, -0.05) is 31.9 Å². The van der Waals surface area contributed by atoms with Crippen LogP contribution in [0.15, 0.2) is 24.3 Å². The van der Waals surface area contributed by atoms with Gasteiger partial charge in [0.05, 0.1) is 0 Å². The summed E-state index contributed by atoms with van der Waals surface area (Å²) in [5, 5.41) is 3.14. The summed E-state index contributed by atoms with van der Waals surface area (Å²) in [5.41, 5.74) is 7.44. The lowest BCUT2D eigenvalue weighted by Crippen LogP contribution is -2.34. The highest BCUT2D eigenvalue weighted by molar-refractivity contribution is 5.94. The first-order chi connectivity index (χ1) is 9.22. The van der Waals surface area contributed by atoms with Gasteiger partial charge in [0.15, 0.2) is 0 Å². The Kier molecular flexibility index (Phi) is 4.97. The summed E-state index contributed by atoms with van der Waals surface area (Å²) in [5.74, 6) is 0.893. The van der Waals surface area contributed by atoms with Gasteiger partial charge < -0.3 is 11.1 Å². The van der Waals surface area contributed by atoms with Gasteiger partial charge in [-0.2, -0.15) is 0 Å². The molecule has 0 spiro atoms. The Balaban J connectivity index is 1.90. The maximum absolute atomic E-state index is 12.1. The first-order valence-electron chi connectivity index (χ1n) is 7.32. The summed E-state index contributed by atoms with van der Waals surface area (Å²) in [6.07, 6.45) is 5.67. The van der Waals surface area contributed by atoms with Crippen LogP contribution >= 0.6 is 0 Å². The Morgan fingerprint density at radius 2 is 2.05 bits per heavy atom. The van der Waals surface area contributed by atoms with Crippen molar-refractivity contribution >= 4 is 5.91 Å². The van der Waals surface area contributed by atoms with Crippen molar-refractivity contribution in [3.05, 3.63) is 35.4 Å². The third-order valence-corrected chi connectivity index (χ3v) is 3.79. The van der Waals surface area contributed by atoms with Crippen molar-refractivity contribution in [3.63, 3.8) is 0 Å². The van der Waals surface area contributed by atoms with E-state index in [1.165, 1.54) is 18.4 Å². The average Bonchev–Trinajstić information content (AvgIpc) is 3.23. The minimum Gasteiger partial charge on any atom is -0.349 e. The van der Waals surface area contributed by atoms with Crippen LogP contribution in [-0.4, -0.2) is 18.5 Å². The van der Waals surface area contributed by atoms with E-state index in [0.717, 1.165) is 30.7 Å². The van der Waals surface area contributed by atoms with Gasteiger partial charge >= 0.3 is 0 Å². The molecule has 19 heavy (non-hydrogen) atoms. The van der Waals surface area contributed by atoms with Crippen LogP contribution in [0, 0.1) is 5.92 Å². The Bertz CT molecular complexity index is 409. The number of hydrogen-bond acceptors (Lipinski definition) is 2. The molecular formula is C16H24N2O.